The summed E-state index contributed by atoms with van der Waals surface area (Å²) in [5, 5.41) is 0. The lowest BCUT2D eigenvalue weighted by Crippen LogP contribution is -2.15. The molecular formula is C15H12BrF4N. The minimum absolute atomic E-state index is 0.0735. The van der Waals surface area contributed by atoms with Crippen LogP contribution in [0.4, 0.5) is 17.6 Å². The minimum Gasteiger partial charge on any atom is -0.320 e. The molecule has 2 aromatic rings. The van der Waals surface area contributed by atoms with Gasteiger partial charge in [-0.05, 0) is 30.7 Å². The lowest BCUT2D eigenvalue weighted by Gasteiger charge is -2.17. The molecule has 112 valence electrons. The zero-order valence-electron chi connectivity index (χ0n) is 11.0. The van der Waals surface area contributed by atoms with Crippen LogP contribution in [0.5, 0.6) is 0 Å². The largest absolute Gasteiger partial charge is 0.417 e. The normalized spacial score (nSPS) is 13.3. The van der Waals surface area contributed by atoms with Crippen molar-refractivity contribution in [3.8, 4) is 0 Å². The fourth-order valence-corrected chi connectivity index (χ4v) is 2.51. The highest BCUT2D eigenvalue weighted by molar-refractivity contribution is 9.10. The average molecular weight is 362 g/mol. The predicted octanol–water partition coefficient (Wildman–Crippen LogP) is 4.96. The zero-order valence-corrected chi connectivity index (χ0v) is 12.6. The Hall–Kier alpha value is -1.40. The van der Waals surface area contributed by atoms with Gasteiger partial charge in [0.1, 0.15) is 5.82 Å². The van der Waals surface area contributed by atoms with Gasteiger partial charge in [0.15, 0.2) is 0 Å². The molecule has 0 aliphatic heterocycles. The van der Waals surface area contributed by atoms with E-state index >= 15 is 0 Å². The Morgan fingerprint density at radius 2 is 1.76 bits per heavy atom. The molecule has 2 aromatic carbocycles. The third-order valence-electron chi connectivity index (χ3n) is 3.14. The monoisotopic (exact) mass is 361 g/mol. The molecule has 0 aliphatic carbocycles. The first-order chi connectivity index (χ1) is 9.70. The van der Waals surface area contributed by atoms with Gasteiger partial charge in [0, 0.05) is 10.0 Å². The van der Waals surface area contributed by atoms with Crippen LogP contribution in [0.1, 0.15) is 28.3 Å². The third kappa shape index (κ3) is 3.44. The van der Waals surface area contributed by atoms with Gasteiger partial charge in [-0.3, -0.25) is 0 Å². The van der Waals surface area contributed by atoms with Crippen LogP contribution in [0.3, 0.4) is 0 Å². The molecule has 1 unspecified atom stereocenters. The van der Waals surface area contributed by atoms with Gasteiger partial charge in [0.05, 0.1) is 11.6 Å². The van der Waals surface area contributed by atoms with E-state index in [9.17, 15) is 17.6 Å². The molecule has 1 atom stereocenters. The number of halogens is 5. The fourth-order valence-electron chi connectivity index (χ4n) is 2.03. The van der Waals surface area contributed by atoms with Crippen molar-refractivity contribution in [3.63, 3.8) is 0 Å². The van der Waals surface area contributed by atoms with E-state index in [1.54, 1.807) is 13.0 Å². The van der Waals surface area contributed by atoms with Gasteiger partial charge in [-0.2, -0.15) is 13.2 Å². The Morgan fingerprint density at radius 3 is 2.38 bits per heavy atom. The second-order valence-electron chi connectivity index (χ2n) is 4.74. The van der Waals surface area contributed by atoms with E-state index in [0.29, 0.717) is 0 Å². The summed E-state index contributed by atoms with van der Waals surface area (Å²) in [6, 6.07) is 7.07. The number of alkyl halides is 3. The standard InChI is InChI=1S/C15H12BrF4N/c1-8-2-5-13(17)10(6-8)14(21)9-3-4-12(16)11(7-9)15(18,19)20/h2-7,14H,21H2,1H3. The van der Waals surface area contributed by atoms with Gasteiger partial charge in [0.2, 0.25) is 0 Å². The summed E-state index contributed by atoms with van der Waals surface area (Å²) in [6.07, 6.45) is -4.50. The molecule has 0 saturated heterocycles. The maximum atomic E-state index is 13.8. The minimum atomic E-state index is -4.50. The van der Waals surface area contributed by atoms with Crippen molar-refractivity contribution in [3.05, 3.63) is 68.9 Å². The molecule has 0 aliphatic rings. The highest BCUT2D eigenvalue weighted by Crippen LogP contribution is 2.37. The van der Waals surface area contributed by atoms with Crippen LogP contribution in [-0.2, 0) is 6.18 Å². The van der Waals surface area contributed by atoms with E-state index in [-0.39, 0.29) is 15.6 Å². The quantitative estimate of drug-likeness (QED) is 0.751. The van der Waals surface area contributed by atoms with E-state index < -0.39 is 23.6 Å². The van der Waals surface area contributed by atoms with Crippen LogP contribution in [0, 0.1) is 12.7 Å². The summed E-state index contributed by atoms with van der Waals surface area (Å²) < 4.78 is 52.4. The molecule has 0 aromatic heterocycles. The van der Waals surface area contributed by atoms with Gasteiger partial charge in [-0.25, -0.2) is 4.39 Å². The van der Waals surface area contributed by atoms with E-state index in [0.717, 1.165) is 11.6 Å². The van der Waals surface area contributed by atoms with Crippen molar-refractivity contribution >= 4 is 15.9 Å². The molecule has 6 heteroatoms. The molecule has 1 nitrogen and oxygen atoms in total. The SMILES string of the molecule is Cc1ccc(F)c(C(N)c2ccc(Br)c(C(F)(F)F)c2)c1. The Morgan fingerprint density at radius 1 is 1.10 bits per heavy atom. The van der Waals surface area contributed by atoms with Gasteiger partial charge in [-0.1, -0.05) is 39.7 Å². The summed E-state index contributed by atoms with van der Waals surface area (Å²) in [5.74, 6) is -0.537. The highest BCUT2D eigenvalue weighted by atomic mass is 79.9. The Bertz CT molecular complexity index is 667. The van der Waals surface area contributed by atoms with Gasteiger partial charge in [0.25, 0.3) is 0 Å². The lowest BCUT2D eigenvalue weighted by molar-refractivity contribution is -0.138. The first kappa shape index (κ1) is 16.0. The third-order valence-corrected chi connectivity index (χ3v) is 3.83. The van der Waals surface area contributed by atoms with Gasteiger partial charge in [-0.15, -0.1) is 0 Å². The van der Waals surface area contributed by atoms with E-state index in [2.05, 4.69) is 15.9 Å². The fraction of sp³-hybridized carbons (Fsp3) is 0.200. The second-order valence-corrected chi connectivity index (χ2v) is 5.59. The lowest BCUT2D eigenvalue weighted by atomic mass is 9.96. The number of aryl methyl sites for hydroxylation is 1. The maximum absolute atomic E-state index is 13.8. The average Bonchev–Trinajstić information content (AvgIpc) is 2.40. The number of hydrogen-bond donors (Lipinski definition) is 1. The molecule has 0 radical (unpaired) electrons. The summed E-state index contributed by atoms with van der Waals surface area (Å²) in [4.78, 5) is 0. The maximum Gasteiger partial charge on any atom is 0.417 e. The van der Waals surface area contributed by atoms with Crippen molar-refractivity contribution in [1.82, 2.24) is 0 Å². The van der Waals surface area contributed by atoms with Crippen molar-refractivity contribution in [1.29, 1.82) is 0 Å². The smallest absolute Gasteiger partial charge is 0.320 e. The van der Waals surface area contributed by atoms with Crippen molar-refractivity contribution in [2.75, 3.05) is 0 Å². The second kappa shape index (κ2) is 5.77. The topological polar surface area (TPSA) is 26.0 Å². The summed E-state index contributed by atoms with van der Waals surface area (Å²) in [7, 11) is 0. The Balaban J connectivity index is 2.49. The summed E-state index contributed by atoms with van der Waals surface area (Å²) in [5.41, 5.74) is 6.26. The first-order valence-electron chi connectivity index (χ1n) is 6.08. The number of rotatable bonds is 2. The van der Waals surface area contributed by atoms with Crippen molar-refractivity contribution < 1.29 is 17.6 Å². The number of hydrogen-bond acceptors (Lipinski definition) is 1. The number of benzene rings is 2. The van der Waals surface area contributed by atoms with Crippen LogP contribution in [0.15, 0.2) is 40.9 Å². The van der Waals surface area contributed by atoms with Crippen LogP contribution < -0.4 is 5.73 Å². The van der Waals surface area contributed by atoms with Gasteiger partial charge < -0.3 is 5.73 Å². The Labute approximate surface area is 127 Å². The molecule has 2 rings (SSSR count). The molecular weight excluding hydrogens is 350 g/mol. The van der Waals surface area contributed by atoms with Crippen LogP contribution in [0.2, 0.25) is 0 Å². The first-order valence-corrected chi connectivity index (χ1v) is 6.87. The molecule has 0 heterocycles. The summed E-state index contributed by atoms with van der Waals surface area (Å²) >= 11 is 2.86. The van der Waals surface area contributed by atoms with Crippen molar-refractivity contribution in [2.24, 2.45) is 5.73 Å². The van der Waals surface area contributed by atoms with Crippen LogP contribution in [0.25, 0.3) is 0 Å². The molecule has 0 amide bonds. The van der Waals surface area contributed by atoms with Crippen molar-refractivity contribution in [2.45, 2.75) is 19.1 Å². The molecule has 0 saturated carbocycles. The molecule has 2 N–H and O–H groups in total. The highest BCUT2D eigenvalue weighted by Gasteiger charge is 2.33. The van der Waals surface area contributed by atoms with E-state index in [1.165, 1.54) is 24.3 Å². The van der Waals surface area contributed by atoms with Gasteiger partial charge >= 0.3 is 6.18 Å². The number of nitrogens with two attached hydrogens (primary N) is 1. The molecule has 0 bridgehead atoms. The van der Waals surface area contributed by atoms with E-state index in [4.69, 9.17) is 5.73 Å². The zero-order chi connectivity index (χ0) is 15.8. The van der Waals surface area contributed by atoms with Crippen LogP contribution >= 0.6 is 15.9 Å². The van der Waals surface area contributed by atoms with Crippen LogP contribution in [-0.4, -0.2) is 0 Å². The molecule has 21 heavy (non-hydrogen) atoms. The van der Waals surface area contributed by atoms with E-state index in [1.807, 2.05) is 0 Å². The molecule has 0 fully saturated rings. The Kier molecular flexibility index (Phi) is 4.39. The predicted molar refractivity (Wildman–Crippen MR) is 76.3 cm³/mol. The summed E-state index contributed by atoms with van der Waals surface area (Å²) in [6.45, 7) is 1.76. The molecule has 0 spiro atoms.